The van der Waals surface area contributed by atoms with Crippen molar-refractivity contribution in [1.29, 1.82) is 0 Å². The normalized spacial score (nSPS) is 12.5. The minimum atomic E-state index is 0.359. The van der Waals surface area contributed by atoms with Gasteiger partial charge in [0.05, 0.1) is 17.3 Å². The fourth-order valence-corrected chi connectivity index (χ4v) is 2.48. The molecule has 3 rings (SSSR count). The number of aromatic nitrogens is 4. The van der Waals surface area contributed by atoms with Crippen LogP contribution in [0.15, 0.2) is 41.3 Å². The fourth-order valence-electron chi connectivity index (χ4n) is 2.09. The first kappa shape index (κ1) is 14.0. The zero-order chi connectivity index (χ0) is 14.8. The van der Waals surface area contributed by atoms with Gasteiger partial charge in [-0.25, -0.2) is 14.6 Å². The Kier molecular flexibility index (Phi) is 3.88. The molecule has 3 aromatic rings. The number of anilines is 1. The van der Waals surface area contributed by atoms with Crippen LogP contribution in [0.25, 0.3) is 16.7 Å². The average molecular weight is 346 g/mol. The Bertz CT molecular complexity index is 768. The highest BCUT2D eigenvalue weighted by molar-refractivity contribution is 9.10. The maximum absolute atomic E-state index is 4.45. The van der Waals surface area contributed by atoms with Gasteiger partial charge in [0.15, 0.2) is 5.65 Å². The second kappa shape index (κ2) is 5.81. The van der Waals surface area contributed by atoms with Crippen molar-refractivity contribution in [3.63, 3.8) is 0 Å². The van der Waals surface area contributed by atoms with Gasteiger partial charge in [-0.3, -0.25) is 0 Å². The lowest BCUT2D eigenvalue weighted by atomic mass is 10.2. The lowest BCUT2D eigenvalue weighted by Crippen LogP contribution is -2.14. The molecule has 0 saturated carbocycles. The molecule has 0 bridgehead atoms. The highest BCUT2D eigenvalue weighted by Gasteiger charge is 2.12. The van der Waals surface area contributed by atoms with Gasteiger partial charge < -0.3 is 5.32 Å². The molecule has 0 aliphatic rings. The zero-order valence-electron chi connectivity index (χ0n) is 11.9. The number of nitrogens with zero attached hydrogens (tertiary/aromatic N) is 4. The van der Waals surface area contributed by atoms with E-state index in [9.17, 15) is 0 Å². The molecule has 0 spiro atoms. The van der Waals surface area contributed by atoms with E-state index in [4.69, 9.17) is 0 Å². The summed E-state index contributed by atoms with van der Waals surface area (Å²) < 4.78 is 2.83. The van der Waals surface area contributed by atoms with Gasteiger partial charge in [-0.2, -0.15) is 5.10 Å². The first-order chi connectivity index (χ1) is 10.2. The van der Waals surface area contributed by atoms with Crippen LogP contribution in [0.5, 0.6) is 0 Å². The molecule has 1 aromatic carbocycles. The van der Waals surface area contributed by atoms with Crippen LogP contribution < -0.4 is 5.32 Å². The van der Waals surface area contributed by atoms with Crippen LogP contribution in [0.4, 0.5) is 5.82 Å². The molecular weight excluding hydrogens is 330 g/mol. The number of benzene rings is 1. The zero-order valence-corrected chi connectivity index (χ0v) is 13.5. The molecule has 0 aliphatic carbocycles. The molecule has 0 aliphatic heterocycles. The van der Waals surface area contributed by atoms with Gasteiger partial charge in [0, 0.05) is 10.5 Å². The molecule has 2 aromatic heterocycles. The molecule has 1 unspecified atom stereocenters. The highest BCUT2D eigenvalue weighted by Crippen LogP contribution is 2.23. The van der Waals surface area contributed by atoms with Crippen LogP contribution >= 0.6 is 15.9 Å². The van der Waals surface area contributed by atoms with Gasteiger partial charge in [0.1, 0.15) is 12.1 Å². The summed E-state index contributed by atoms with van der Waals surface area (Å²) in [6, 6.07) is 8.33. The number of hydrogen-bond donors (Lipinski definition) is 1. The Morgan fingerprint density at radius 1 is 1.33 bits per heavy atom. The third-order valence-corrected chi connectivity index (χ3v) is 3.91. The average Bonchev–Trinajstić information content (AvgIpc) is 2.92. The van der Waals surface area contributed by atoms with Crippen molar-refractivity contribution in [2.75, 3.05) is 5.32 Å². The van der Waals surface area contributed by atoms with E-state index in [1.807, 2.05) is 28.9 Å². The maximum Gasteiger partial charge on any atom is 0.168 e. The number of halogens is 1. The molecular formula is C15H16BrN5. The fraction of sp³-hybridized carbons (Fsp3) is 0.267. The van der Waals surface area contributed by atoms with Gasteiger partial charge in [0.2, 0.25) is 0 Å². The topological polar surface area (TPSA) is 55.6 Å². The second-order valence-corrected chi connectivity index (χ2v) is 5.87. The SMILES string of the molecule is CCC(C)Nc1ncnc2c1cnn2-c1cccc(Br)c1. The summed E-state index contributed by atoms with van der Waals surface area (Å²) in [5, 5.41) is 8.78. The van der Waals surface area contributed by atoms with Crippen molar-refractivity contribution in [3.8, 4) is 5.69 Å². The first-order valence-corrected chi connectivity index (χ1v) is 7.69. The number of fused-ring (bicyclic) bond motifs is 1. The summed E-state index contributed by atoms with van der Waals surface area (Å²) in [4.78, 5) is 8.71. The van der Waals surface area contributed by atoms with Crippen LogP contribution in [0.1, 0.15) is 20.3 Å². The number of hydrogen-bond acceptors (Lipinski definition) is 4. The predicted octanol–water partition coefficient (Wildman–Crippen LogP) is 3.79. The predicted molar refractivity (Wildman–Crippen MR) is 87.7 cm³/mol. The van der Waals surface area contributed by atoms with E-state index >= 15 is 0 Å². The highest BCUT2D eigenvalue weighted by atomic mass is 79.9. The van der Waals surface area contributed by atoms with Gasteiger partial charge in [-0.1, -0.05) is 28.9 Å². The van der Waals surface area contributed by atoms with Crippen LogP contribution in [0.3, 0.4) is 0 Å². The number of rotatable bonds is 4. The van der Waals surface area contributed by atoms with E-state index in [1.165, 1.54) is 0 Å². The summed E-state index contributed by atoms with van der Waals surface area (Å²) in [6.07, 6.45) is 4.41. The Morgan fingerprint density at radius 2 is 2.19 bits per heavy atom. The van der Waals surface area contributed by atoms with Gasteiger partial charge >= 0.3 is 0 Å². The molecule has 2 heterocycles. The largest absolute Gasteiger partial charge is 0.367 e. The van der Waals surface area contributed by atoms with Crippen molar-refractivity contribution >= 4 is 32.8 Å². The quantitative estimate of drug-likeness (QED) is 0.781. The molecule has 6 heteroatoms. The summed E-state index contributed by atoms with van der Waals surface area (Å²) in [5.74, 6) is 0.829. The minimum absolute atomic E-state index is 0.359. The Hall–Kier alpha value is -1.95. The summed E-state index contributed by atoms with van der Waals surface area (Å²) in [7, 11) is 0. The van der Waals surface area contributed by atoms with E-state index in [0.717, 1.165) is 33.4 Å². The van der Waals surface area contributed by atoms with Crippen molar-refractivity contribution in [2.24, 2.45) is 0 Å². The van der Waals surface area contributed by atoms with Gasteiger partial charge in [0.25, 0.3) is 0 Å². The molecule has 1 N–H and O–H groups in total. The van der Waals surface area contributed by atoms with Crippen LogP contribution in [-0.2, 0) is 0 Å². The van der Waals surface area contributed by atoms with Crippen LogP contribution in [0, 0.1) is 0 Å². The molecule has 0 radical (unpaired) electrons. The Balaban J connectivity index is 2.09. The summed E-state index contributed by atoms with van der Waals surface area (Å²) >= 11 is 3.48. The molecule has 0 fully saturated rings. The van der Waals surface area contributed by atoms with E-state index in [0.29, 0.717) is 6.04 Å². The second-order valence-electron chi connectivity index (χ2n) is 4.95. The Morgan fingerprint density at radius 3 is 2.95 bits per heavy atom. The third kappa shape index (κ3) is 2.76. The van der Waals surface area contributed by atoms with Crippen LogP contribution in [-0.4, -0.2) is 25.8 Å². The van der Waals surface area contributed by atoms with Crippen molar-refractivity contribution < 1.29 is 0 Å². The smallest absolute Gasteiger partial charge is 0.168 e. The Labute approximate surface area is 131 Å². The van der Waals surface area contributed by atoms with E-state index in [1.54, 1.807) is 12.5 Å². The lowest BCUT2D eigenvalue weighted by Gasteiger charge is -2.12. The molecule has 0 amide bonds. The molecule has 0 saturated heterocycles. The molecule has 108 valence electrons. The summed E-state index contributed by atoms with van der Waals surface area (Å²) in [5.41, 5.74) is 1.77. The van der Waals surface area contributed by atoms with E-state index < -0.39 is 0 Å². The monoisotopic (exact) mass is 345 g/mol. The summed E-state index contributed by atoms with van der Waals surface area (Å²) in [6.45, 7) is 4.27. The van der Waals surface area contributed by atoms with Gasteiger partial charge in [-0.05, 0) is 31.5 Å². The van der Waals surface area contributed by atoms with Crippen molar-refractivity contribution in [1.82, 2.24) is 19.7 Å². The third-order valence-electron chi connectivity index (χ3n) is 3.41. The van der Waals surface area contributed by atoms with Crippen LogP contribution in [0.2, 0.25) is 0 Å². The minimum Gasteiger partial charge on any atom is -0.367 e. The van der Waals surface area contributed by atoms with E-state index in [2.05, 4.69) is 50.2 Å². The van der Waals surface area contributed by atoms with Crippen molar-refractivity contribution in [3.05, 3.63) is 41.3 Å². The standard InChI is InChI=1S/C15H16BrN5/c1-3-10(2)20-14-13-8-19-21(15(13)18-9-17-14)12-6-4-5-11(16)7-12/h4-10H,3H2,1-2H3,(H,17,18,20). The molecule has 5 nitrogen and oxygen atoms in total. The maximum atomic E-state index is 4.45. The van der Waals surface area contributed by atoms with Gasteiger partial charge in [-0.15, -0.1) is 0 Å². The first-order valence-electron chi connectivity index (χ1n) is 6.90. The lowest BCUT2D eigenvalue weighted by molar-refractivity contribution is 0.760. The van der Waals surface area contributed by atoms with E-state index in [-0.39, 0.29) is 0 Å². The molecule has 21 heavy (non-hydrogen) atoms. The van der Waals surface area contributed by atoms with Crippen molar-refractivity contribution in [2.45, 2.75) is 26.3 Å². The molecule has 1 atom stereocenters. The number of nitrogens with one attached hydrogen (secondary N) is 1.